The number of fused-ring (bicyclic) bond motifs is 1. The first-order chi connectivity index (χ1) is 5.81. The molecule has 0 aromatic heterocycles. The Bertz CT molecular complexity index is 282. The van der Waals surface area contributed by atoms with Crippen molar-refractivity contribution in [2.24, 2.45) is 16.1 Å². The first kappa shape index (κ1) is 7.26. The second-order valence-corrected chi connectivity index (χ2v) is 2.46. The highest BCUT2D eigenvalue weighted by Gasteiger charge is 2.23. The van der Waals surface area contributed by atoms with E-state index in [2.05, 4.69) is 10.2 Å². The van der Waals surface area contributed by atoms with Gasteiger partial charge in [0.1, 0.15) is 18.1 Å². The lowest BCUT2D eigenvalue weighted by molar-refractivity contribution is -0.126. The molecule has 0 spiro atoms. The molecule has 6 heteroatoms. The summed E-state index contributed by atoms with van der Waals surface area (Å²) in [6, 6.07) is 0. The van der Waals surface area contributed by atoms with E-state index in [1.54, 1.807) is 24.6 Å². The third-order valence-electron chi connectivity index (χ3n) is 1.68. The van der Waals surface area contributed by atoms with E-state index in [9.17, 15) is 0 Å². The molecular weight excluding hydrogens is 158 g/mol. The SMILES string of the molecule is CON1CN(N)C=C2N=NC=C21. The van der Waals surface area contributed by atoms with Crippen molar-refractivity contribution in [2.45, 2.75) is 0 Å². The molecule has 0 saturated heterocycles. The maximum Gasteiger partial charge on any atom is 0.130 e. The highest BCUT2D eigenvalue weighted by molar-refractivity contribution is 5.31. The van der Waals surface area contributed by atoms with Crippen LogP contribution < -0.4 is 5.84 Å². The Morgan fingerprint density at radius 3 is 3.25 bits per heavy atom. The summed E-state index contributed by atoms with van der Waals surface area (Å²) in [5.74, 6) is 5.56. The van der Waals surface area contributed by atoms with Gasteiger partial charge in [-0.3, -0.25) is 9.85 Å². The van der Waals surface area contributed by atoms with E-state index in [1.165, 1.54) is 5.01 Å². The minimum atomic E-state index is 0.483. The summed E-state index contributed by atoms with van der Waals surface area (Å²) in [6.45, 7) is 0.483. The van der Waals surface area contributed by atoms with Crippen molar-refractivity contribution in [3.05, 3.63) is 23.8 Å². The molecule has 2 heterocycles. The van der Waals surface area contributed by atoms with Crippen LogP contribution in [-0.2, 0) is 4.84 Å². The minimum absolute atomic E-state index is 0.483. The number of hydrogen-bond acceptors (Lipinski definition) is 6. The summed E-state index contributed by atoms with van der Waals surface area (Å²) in [6.07, 6.45) is 3.36. The second-order valence-electron chi connectivity index (χ2n) is 2.46. The lowest BCUT2D eigenvalue weighted by Crippen LogP contribution is -2.41. The number of nitrogens with two attached hydrogens (primary N) is 1. The van der Waals surface area contributed by atoms with Gasteiger partial charge in [0.05, 0.1) is 13.3 Å². The highest BCUT2D eigenvalue weighted by atomic mass is 16.7. The molecule has 6 nitrogen and oxygen atoms in total. The van der Waals surface area contributed by atoms with Gasteiger partial charge < -0.3 is 0 Å². The number of hydroxylamine groups is 2. The first-order valence-electron chi connectivity index (χ1n) is 3.47. The topological polar surface area (TPSA) is 66.5 Å². The summed E-state index contributed by atoms with van der Waals surface area (Å²) >= 11 is 0. The minimum Gasteiger partial charge on any atom is -0.294 e. The fraction of sp³-hybridized carbons (Fsp3) is 0.333. The van der Waals surface area contributed by atoms with E-state index in [1.807, 2.05) is 0 Å². The van der Waals surface area contributed by atoms with E-state index in [4.69, 9.17) is 10.7 Å². The van der Waals surface area contributed by atoms with Gasteiger partial charge in [-0.1, -0.05) is 0 Å². The van der Waals surface area contributed by atoms with Crippen LogP contribution in [0, 0.1) is 0 Å². The second kappa shape index (κ2) is 2.58. The van der Waals surface area contributed by atoms with Crippen LogP contribution >= 0.6 is 0 Å². The number of hydrazine groups is 1. The molecule has 2 rings (SSSR count). The maximum atomic E-state index is 5.56. The number of azo groups is 1. The van der Waals surface area contributed by atoms with Gasteiger partial charge >= 0.3 is 0 Å². The normalized spacial score (nSPS) is 20.8. The molecule has 0 saturated carbocycles. The predicted molar refractivity (Wildman–Crippen MR) is 40.8 cm³/mol. The monoisotopic (exact) mass is 167 g/mol. The number of hydrogen-bond donors (Lipinski definition) is 1. The number of rotatable bonds is 1. The molecule has 64 valence electrons. The van der Waals surface area contributed by atoms with E-state index < -0.39 is 0 Å². The Labute approximate surface area is 69.5 Å². The van der Waals surface area contributed by atoms with Crippen LogP contribution in [0.25, 0.3) is 0 Å². The smallest absolute Gasteiger partial charge is 0.130 e. The standard InChI is InChI=1S/C6H9N5O/c1-12-11-4-10(7)3-5-6(11)2-8-9-5/h2-3H,4,7H2,1H3. The number of nitrogens with zero attached hydrogens (tertiary/aromatic N) is 4. The van der Waals surface area contributed by atoms with Crippen molar-refractivity contribution in [2.75, 3.05) is 13.8 Å². The van der Waals surface area contributed by atoms with Crippen LogP contribution in [0.5, 0.6) is 0 Å². The van der Waals surface area contributed by atoms with Gasteiger partial charge in [0.2, 0.25) is 0 Å². The summed E-state index contributed by atoms with van der Waals surface area (Å²) < 4.78 is 0. The summed E-state index contributed by atoms with van der Waals surface area (Å²) in [5, 5.41) is 10.7. The van der Waals surface area contributed by atoms with E-state index in [0.717, 1.165) is 11.4 Å². The molecule has 0 radical (unpaired) electrons. The van der Waals surface area contributed by atoms with Crippen LogP contribution in [0.2, 0.25) is 0 Å². The molecule has 2 aliphatic rings. The van der Waals surface area contributed by atoms with E-state index in [-0.39, 0.29) is 0 Å². The van der Waals surface area contributed by atoms with Crippen molar-refractivity contribution < 1.29 is 4.84 Å². The molecule has 2 aliphatic heterocycles. The zero-order valence-corrected chi connectivity index (χ0v) is 6.64. The fourth-order valence-corrected chi connectivity index (χ4v) is 1.13. The largest absolute Gasteiger partial charge is 0.294 e. The molecule has 0 aromatic rings. The summed E-state index contributed by atoms with van der Waals surface area (Å²) in [4.78, 5) is 5.06. The predicted octanol–water partition coefficient (Wildman–Crippen LogP) is 0.145. The van der Waals surface area contributed by atoms with Crippen LogP contribution in [0.15, 0.2) is 34.0 Å². The molecule has 12 heavy (non-hydrogen) atoms. The Balaban J connectivity index is 2.31. The molecule has 0 atom stereocenters. The van der Waals surface area contributed by atoms with Crippen molar-refractivity contribution in [3.8, 4) is 0 Å². The average molecular weight is 167 g/mol. The quantitative estimate of drug-likeness (QED) is 0.564. The molecule has 2 N–H and O–H groups in total. The molecule has 0 unspecified atom stereocenters. The van der Waals surface area contributed by atoms with E-state index in [0.29, 0.717) is 6.67 Å². The molecule has 0 aliphatic carbocycles. The van der Waals surface area contributed by atoms with Crippen LogP contribution in [0.3, 0.4) is 0 Å². The van der Waals surface area contributed by atoms with Crippen molar-refractivity contribution in [1.82, 2.24) is 10.1 Å². The van der Waals surface area contributed by atoms with E-state index >= 15 is 0 Å². The third-order valence-corrected chi connectivity index (χ3v) is 1.68. The van der Waals surface area contributed by atoms with Crippen LogP contribution in [0.4, 0.5) is 0 Å². The molecule has 0 aromatic carbocycles. The first-order valence-corrected chi connectivity index (χ1v) is 3.47. The Hall–Kier alpha value is -1.40. The highest BCUT2D eigenvalue weighted by Crippen LogP contribution is 2.26. The molecular formula is C6H9N5O. The summed E-state index contributed by atoms with van der Waals surface area (Å²) in [5.41, 5.74) is 1.57. The maximum absolute atomic E-state index is 5.56. The van der Waals surface area contributed by atoms with Crippen LogP contribution in [0.1, 0.15) is 0 Å². The Morgan fingerprint density at radius 1 is 1.67 bits per heavy atom. The Kier molecular flexibility index (Phi) is 1.56. The summed E-state index contributed by atoms with van der Waals surface area (Å²) in [7, 11) is 1.58. The lowest BCUT2D eigenvalue weighted by Gasteiger charge is -2.30. The van der Waals surface area contributed by atoms with Gasteiger partial charge in [-0.15, -0.1) is 5.11 Å². The van der Waals surface area contributed by atoms with Gasteiger partial charge in [0.25, 0.3) is 0 Å². The average Bonchev–Trinajstić information content (AvgIpc) is 2.50. The van der Waals surface area contributed by atoms with Crippen molar-refractivity contribution in [1.29, 1.82) is 0 Å². The molecule has 0 fully saturated rings. The van der Waals surface area contributed by atoms with Gasteiger partial charge in [0.15, 0.2) is 0 Å². The van der Waals surface area contributed by atoms with Crippen molar-refractivity contribution in [3.63, 3.8) is 0 Å². The van der Waals surface area contributed by atoms with Gasteiger partial charge in [-0.2, -0.15) is 5.11 Å². The molecule has 0 amide bonds. The Morgan fingerprint density at radius 2 is 2.50 bits per heavy atom. The van der Waals surface area contributed by atoms with Gasteiger partial charge in [-0.05, 0) is 0 Å². The zero-order valence-electron chi connectivity index (χ0n) is 6.64. The van der Waals surface area contributed by atoms with Gasteiger partial charge in [0, 0.05) is 6.20 Å². The van der Waals surface area contributed by atoms with Crippen LogP contribution in [-0.4, -0.2) is 23.9 Å². The third kappa shape index (κ3) is 0.973. The fourth-order valence-electron chi connectivity index (χ4n) is 1.13. The van der Waals surface area contributed by atoms with Gasteiger partial charge in [-0.25, -0.2) is 10.9 Å². The van der Waals surface area contributed by atoms with Crippen molar-refractivity contribution >= 4 is 0 Å². The lowest BCUT2D eigenvalue weighted by atomic mass is 10.3. The molecule has 0 bridgehead atoms. The zero-order chi connectivity index (χ0) is 8.55.